The monoisotopic (exact) mass is 186 g/mol. The van der Waals surface area contributed by atoms with Crippen molar-refractivity contribution in [1.82, 2.24) is 9.78 Å². The first-order chi connectivity index (χ1) is 5.70. The number of aromatic nitrogens is 2. The highest BCUT2D eigenvalue weighted by molar-refractivity contribution is 7.71. The number of methoxy groups -OCH3 is 1. The van der Waals surface area contributed by atoms with Gasteiger partial charge in [0.15, 0.2) is 5.75 Å². The maximum atomic E-state index is 11.3. The number of aromatic amines is 1. The summed E-state index contributed by atoms with van der Waals surface area (Å²) in [4.78, 5) is 11.3. The fourth-order valence-electron chi connectivity index (χ4n) is 0.875. The van der Waals surface area contributed by atoms with Crippen molar-refractivity contribution in [3.05, 3.63) is 21.1 Å². The smallest absolute Gasteiger partial charge is 0.286 e. The molecule has 1 rings (SSSR count). The summed E-state index contributed by atoms with van der Waals surface area (Å²) < 4.78 is 6.52. The van der Waals surface area contributed by atoms with Crippen LogP contribution in [0.1, 0.15) is 6.92 Å². The Morgan fingerprint density at radius 3 is 2.92 bits per heavy atom. The molecule has 1 aromatic heterocycles. The van der Waals surface area contributed by atoms with Crippen LogP contribution >= 0.6 is 12.2 Å². The van der Waals surface area contributed by atoms with Crippen LogP contribution in [0.2, 0.25) is 0 Å². The molecule has 0 aliphatic rings. The normalized spacial score (nSPS) is 9.83. The van der Waals surface area contributed by atoms with Gasteiger partial charge < -0.3 is 4.74 Å². The van der Waals surface area contributed by atoms with E-state index in [1.54, 1.807) is 6.20 Å². The summed E-state index contributed by atoms with van der Waals surface area (Å²) >= 11 is 4.87. The van der Waals surface area contributed by atoms with Crippen molar-refractivity contribution in [3.63, 3.8) is 0 Å². The summed E-state index contributed by atoms with van der Waals surface area (Å²) in [5.74, 6) is 0.416. The Labute approximate surface area is 74.8 Å². The molecular formula is C7H10N2O2S. The molecule has 1 N–H and O–H groups in total. The van der Waals surface area contributed by atoms with E-state index in [9.17, 15) is 4.79 Å². The number of ether oxygens (including phenoxy) is 1. The molecule has 0 aromatic carbocycles. The molecule has 0 aliphatic heterocycles. The molecule has 0 saturated carbocycles. The number of hydrogen-bond acceptors (Lipinski definition) is 3. The largest absolute Gasteiger partial charge is 0.493 e. The lowest BCUT2D eigenvalue weighted by atomic mass is 10.5. The third-order valence-electron chi connectivity index (χ3n) is 1.55. The lowest BCUT2D eigenvalue weighted by molar-refractivity contribution is 0.404. The summed E-state index contributed by atoms with van der Waals surface area (Å²) in [6, 6.07) is 0. The van der Waals surface area contributed by atoms with Gasteiger partial charge in [-0.2, -0.15) is 0 Å². The van der Waals surface area contributed by atoms with E-state index in [2.05, 4.69) is 5.10 Å². The summed E-state index contributed by atoms with van der Waals surface area (Å²) in [7, 11) is 1.48. The minimum absolute atomic E-state index is 0.216. The SMILES string of the molecule is CCn1[nH]cc(OC)c(=S)c1=O. The molecule has 4 nitrogen and oxygen atoms in total. The third kappa shape index (κ3) is 1.40. The van der Waals surface area contributed by atoms with Crippen molar-refractivity contribution in [1.29, 1.82) is 0 Å². The van der Waals surface area contributed by atoms with Crippen molar-refractivity contribution in [2.75, 3.05) is 7.11 Å². The molecule has 0 bridgehead atoms. The zero-order valence-electron chi connectivity index (χ0n) is 6.96. The summed E-state index contributed by atoms with van der Waals surface area (Å²) in [6.45, 7) is 2.44. The molecule has 0 unspecified atom stereocenters. The topological polar surface area (TPSA) is 47.0 Å². The Hall–Kier alpha value is -1.10. The molecule has 5 heteroatoms. The molecule has 0 radical (unpaired) electrons. The fraction of sp³-hybridized carbons (Fsp3) is 0.429. The molecule has 66 valence electrons. The highest BCUT2D eigenvalue weighted by atomic mass is 32.1. The Morgan fingerprint density at radius 1 is 1.75 bits per heavy atom. The predicted molar refractivity (Wildman–Crippen MR) is 48.1 cm³/mol. The Kier molecular flexibility index (Phi) is 2.65. The minimum Gasteiger partial charge on any atom is -0.493 e. The zero-order valence-corrected chi connectivity index (χ0v) is 7.77. The number of hydrogen-bond donors (Lipinski definition) is 1. The van der Waals surface area contributed by atoms with Gasteiger partial charge in [-0.25, -0.2) is 0 Å². The summed E-state index contributed by atoms with van der Waals surface area (Å²) in [5.41, 5.74) is -0.216. The molecule has 0 fully saturated rings. The van der Waals surface area contributed by atoms with Gasteiger partial charge in [-0.05, 0) is 6.92 Å². The van der Waals surface area contributed by atoms with Gasteiger partial charge in [0.2, 0.25) is 0 Å². The molecule has 0 atom stereocenters. The van der Waals surface area contributed by atoms with Gasteiger partial charge in [0.1, 0.15) is 4.51 Å². The van der Waals surface area contributed by atoms with Gasteiger partial charge in [0, 0.05) is 6.54 Å². The van der Waals surface area contributed by atoms with Gasteiger partial charge in [0.05, 0.1) is 13.3 Å². The lowest BCUT2D eigenvalue weighted by Crippen LogP contribution is -2.22. The van der Waals surface area contributed by atoms with Crippen LogP contribution in [0.3, 0.4) is 0 Å². The van der Waals surface area contributed by atoms with Crippen LogP contribution in [0.4, 0.5) is 0 Å². The molecule has 1 aromatic rings. The lowest BCUT2D eigenvalue weighted by Gasteiger charge is -2.03. The maximum absolute atomic E-state index is 11.3. The second-order valence-electron chi connectivity index (χ2n) is 2.22. The number of nitrogens with one attached hydrogen (secondary N) is 1. The van der Waals surface area contributed by atoms with E-state index in [-0.39, 0.29) is 10.1 Å². The molecule has 0 aliphatic carbocycles. The van der Waals surface area contributed by atoms with Gasteiger partial charge in [-0.15, -0.1) is 0 Å². The first-order valence-corrected chi connectivity index (χ1v) is 3.98. The van der Waals surface area contributed by atoms with E-state index < -0.39 is 0 Å². The summed E-state index contributed by atoms with van der Waals surface area (Å²) in [5, 5.41) is 2.76. The molecule has 0 spiro atoms. The average molecular weight is 186 g/mol. The Balaban J connectivity index is 3.41. The Morgan fingerprint density at radius 2 is 2.42 bits per heavy atom. The van der Waals surface area contributed by atoms with E-state index in [1.165, 1.54) is 11.8 Å². The van der Waals surface area contributed by atoms with Crippen LogP contribution < -0.4 is 10.3 Å². The van der Waals surface area contributed by atoms with Crippen LogP contribution in [0.25, 0.3) is 0 Å². The average Bonchev–Trinajstić information content (AvgIpc) is 2.10. The number of H-pyrrole nitrogens is 1. The minimum atomic E-state index is -0.216. The standard InChI is InChI=1S/C7H10N2O2S/c1-3-9-7(10)6(12)5(11-2)4-8-9/h4,8H,3H2,1-2H3. The number of aryl methyl sites for hydroxylation is 1. The molecular weight excluding hydrogens is 176 g/mol. The van der Waals surface area contributed by atoms with Crippen molar-refractivity contribution in [2.24, 2.45) is 0 Å². The van der Waals surface area contributed by atoms with Crippen molar-refractivity contribution < 1.29 is 4.74 Å². The first kappa shape index (κ1) is 8.99. The molecule has 1 heterocycles. The van der Waals surface area contributed by atoms with E-state index in [4.69, 9.17) is 17.0 Å². The summed E-state index contributed by atoms with van der Waals surface area (Å²) in [6.07, 6.45) is 1.58. The van der Waals surface area contributed by atoms with Gasteiger partial charge in [0.25, 0.3) is 5.56 Å². The van der Waals surface area contributed by atoms with Crippen LogP contribution in [0.15, 0.2) is 11.0 Å². The van der Waals surface area contributed by atoms with E-state index in [1.807, 2.05) is 6.92 Å². The number of nitrogens with zero attached hydrogens (tertiary/aromatic N) is 1. The van der Waals surface area contributed by atoms with Crippen molar-refractivity contribution in [2.45, 2.75) is 13.5 Å². The molecule has 0 saturated heterocycles. The zero-order chi connectivity index (χ0) is 9.14. The Bertz CT molecular complexity index is 343. The van der Waals surface area contributed by atoms with Crippen molar-refractivity contribution in [3.8, 4) is 5.75 Å². The second kappa shape index (κ2) is 3.53. The second-order valence-corrected chi connectivity index (χ2v) is 2.63. The van der Waals surface area contributed by atoms with Gasteiger partial charge >= 0.3 is 0 Å². The third-order valence-corrected chi connectivity index (χ3v) is 1.93. The van der Waals surface area contributed by atoms with E-state index in [0.29, 0.717) is 12.3 Å². The van der Waals surface area contributed by atoms with Crippen LogP contribution in [0.5, 0.6) is 5.75 Å². The van der Waals surface area contributed by atoms with Gasteiger partial charge in [-0.1, -0.05) is 12.2 Å². The highest BCUT2D eigenvalue weighted by Gasteiger charge is 2.00. The van der Waals surface area contributed by atoms with E-state index in [0.717, 1.165) is 0 Å². The van der Waals surface area contributed by atoms with Crippen LogP contribution in [-0.4, -0.2) is 16.9 Å². The fourth-order valence-corrected chi connectivity index (χ4v) is 1.13. The van der Waals surface area contributed by atoms with Crippen LogP contribution in [-0.2, 0) is 6.54 Å². The maximum Gasteiger partial charge on any atom is 0.286 e. The highest BCUT2D eigenvalue weighted by Crippen LogP contribution is 2.04. The van der Waals surface area contributed by atoms with Crippen molar-refractivity contribution >= 4 is 12.2 Å². The first-order valence-electron chi connectivity index (χ1n) is 3.57. The van der Waals surface area contributed by atoms with Gasteiger partial charge in [-0.3, -0.25) is 14.6 Å². The van der Waals surface area contributed by atoms with Crippen LogP contribution in [0, 0.1) is 4.51 Å². The quantitative estimate of drug-likeness (QED) is 0.699. The predicted octanol–water partition coefficient (Wildman–Crippen LogP) is 0.934. The molecule has 0 amide bonds. The number of rotatable bonds is 2. The molecule has 12 heavy (non-hydrogen) atoms. The van der Waals surface area contributed by atoms with E-state index >= 15 is 0 Å².